The lowest BCUT2D eigenvalue weighted by Gasteiger charge is -2.15. The molecule has 1 aliphatic rings. The minimum absolute atomic E-state index is 0.00498. The van der Waals surface area contributed by atoms with E-state index in [1.165, 1.54) is 17.0 Å². The molecule has 1 aliphatic heterocycles. The van der Waals surface area contributed by atoms with Gasteiger partial charge in [-0.2, -0.15) is 4.98 Å². The number of anilines is 1. The summed E-state index contributed by atoms with van der Waals surface area (Å²) in [6, 6.07) is 3.01. The summed E-state index contributed by atoms with van der Waals surface area (Å²) in [6.07, 6.45) is 0. The van der Waals surface area contributed by atoms with Gasteiger partial charge in [0.25, 0.3) is 11.7 Å². The molecule has 0 unspecified atom stereocenters. The molecule has 1 aromatic heterocycles. The van der Waals surface area contributed by atoms with Gasteiger partial charge in [-0.15, -0.1) is 0 Å². The Bertz CT molecular complexity index is 742. The molecule has 0 saturated heterocycles. The molecule has 6 nitrogen and oxygen atoms in total. The first-order valence-corrected chi connectivity index (χ1v) is 6.38. The fourth-order valence-corrected chi connectivity index (χ4v) is 2.55. The zero-order valence-electron chi connectivity index (χ0n) is 10.2. The largest absolute Gasteiger partial charge is 0.340 e. The zero-order chi connectivity index (χ0) is 14.4. The number of halogens is 2. The number of hydrogen-bond acceptors (Lipinski definition) is 5. The molecule has 0 N–H and O–H groups in total. The Morgan fingerprint density at radius 3 is 2.60 bits per heavy atom. The topological polar surface area (TPSA) is 76.3 Å². The van der Waals surface area contributed by atoms with Crippen LogP contribution in [0.2, 0.25) is 10.0 Å². The molecular formula is C12H7Cl2N3O3. The molecule has 102 valence electrons. The van der Waals surface area contributed by atoms with Crippen LogP contribution in [-0.4, -0.2) is 21.8 Å². The highest BCUT2D eigenvalue weighted by Gasteiger charge is 2.39. The molecule has 0 radical (unpaired) electrons. The molecule has 0 atom stereocenters. The number of hydrogen-bond donors (Lipinski definition) is 0. The minimum Gasteiger partial charge on any atom is -0.340 e. The number of Topliss-reactive ketones (excluding diaryl/α,β-unsaturated/α-hetero) is 1. The zero-order valence-corrected chi connectivity index (χ0v) is 11.7. The molecular weight excluding hydrogens is 305 g/mol. The van der Waals surface area contributed by atoms with Crippen molar-refractivity contribution in [1.82, 2.24) is 10.1 Å². The second kappa shape index (κ2) is 4.57. The monoisotopic (exact) mass is 311 g/mol. The van der Waals surface area contributed by atoms with Crippen molar-refractivity contribution in [2.75, 3.05) is 4.90 Å². The van der Waals surface area contributed by atoms with E-state index in [1.54, 1.807) is 6.92 Å². The van der Waals surface area contributed by atoms with Crippen LogP contribution in [0, 0.1) is 6.92 Å². The number of rotatable bonds is 2. The van der Waals surface area contributed by atoms with Crippen molar-refractivity contribution in [1.29, 1.82) is 0 Å². The third-order valence-corrected chi connectivity index (χ3v) is 3.50. The quantitative estimate of drug-likeness (QED) is 0.796. The van der Waals surface area contributed by atoms with Crippen LogP contribution < -0.4 is 4.90 Å². The van der Waals surface area contributed by atoms with Crippen molar-refractivity contribution in [3.05, 3.63) is 39.5 Å². The van der Waals surface area contributed by atoms with Crippen molar-refractivity contribution in [2.24, 2.45) is 0 Å². The predicted molar refractivity (Wildman–Crippen MR) is 71.0 cm³/mol. The summed E-state index contributed by atoms with van der Waals surface area (Å²) in [5.41, 5.74) is 0.404. The lowest BCUT2D eigenvalue weighted by molar-refractivity contribution is -0.114. The van der Waals surface area contributed by atoms with E-state index < -0.39 is 11.7 Å². The Kier molecular flexibility index (Phi) is 2.99. The standard InChI is InChI=1S/C12H7Cl2N3O3/c1-5-15-8(16-20-5)4-17-10-7(14)3-2-6(13)9(10)11(18)12(17)19/h2-3H,4H2,1H3. The summed E-state index contributed by atoms with van der Waals surface area (Å²) in [5.74, 6) is -0.743. The third-order valence-electron chi connectivity index (χ3n) is 2.88. The van der Waals surface area contributed by atoms with Gasteiger partial charge in [-0.05, 0) is 12.1 Å². The molecule has 0 saturated carbocycles. The van der Waals surface area contributed by atoms with E-state index in [0.717, 1.165) is 0 Å². The number of fused-ring (bicyclic) bond motifs is 1. The smallest absolute Gasteiger partial charge is 0.300 e. The van der Waals surface area contributed by atoms with Crippen LogP contribution in [-0.2, 0) is 11.3 Å². The third kappa shape index (κ3) is 1.88. The number of ketones is 1. The van der Waals surface area contributed by atoms with Crippen molar-refractivity contribution in [3.63, 3.8) is 0 Å². The summed E-state index contributed by atoms with van der Waals surface area (Å²) < 4.78 is 4.84. The van der Waals surface area contributed by atoms with Gasteiger partial charge >= 0.3 is 0 Å². The van der Waals surface area contributed by atoms with E-state index in [0.29, 0.717) is 5.89 Å². The second-order valence-electron chi connectivity index (χ2n) is 4.20. The molecule has 2 heterocycles. The van der Waals surface area contributed by atoms with Gasteiger partial charge in [0.05, 0.1) is 27.8 Å². The van der Waals surface area contributed by atoms with E-state index in [-0.39, 0.29) is 33.7 Å². The maximum absolute atomic E-state index is 12.1. The highest BCUT2D eigenvalue weighted by molar-refractivity contribution is 6.56. The van der Waals surface area contributed by atoms with Gasteiger partial charge < -0.3 is 4.52 Å². The molecule has 0 spiro atoms. The van der Waals surface area contributed by atoms with Crippen molar-refractivity contribution < 1.29 is 14.1 Å². The first-order valence-electron chi connectivity index (χ1n) is 5.62. The molecule has 3 rings (SSSR count). The number of carbonyl (C=O) groups excluding carboxylic acids is 2. The van der Waals surface area contributed by atoms with E-state index in [2.05, 4.69) is 10.1 Å². The lowest BCUT2D eigenvalue weighted by Crippen LogP contribution is -2.29. The summed E-state index contributed by atoms with van der Waals surface area (Å²) in [7, 11) is 0. The maximum Gasteiger partial charge on any atom is 0.300 e. The van der Waals surface area contributed by atoms with Gasteiger partial charge in [-0.3, -0.25) is 14.5 Å². The van der Waals surface area contributed by atoms with E-state index in [4.69, 9.17) is 27.7 Å². The Labute approximate surface area is 123 Å². The number of nitrogens with zero attached hydrogens (tertiary/aromatic N) is 3. The van der Waals surface area contributed by atoms with E-state index in [1.807, 2.05) is 0 Å². The fraction of sp³-hybridized carbons (Fsp3) is 0.167. The van der Waals surface area contributed by atoms with Crippen molar-refractivity contribution >= 4 is 40.6 Å². The SMILES string of the molecule is Cc1nc(CN2C(=O)C(=O)c3c(Cl)ccc(Cl)c32)no1. The van der Waals surface area contributed by atoms with Crippen LogP contribution in [0.25, 0.3) is 0 Å². The van der Waals surface area contributed by atoms with Gasteiger partial charge in [0.1, 0.15) is 0 Å². The first-order chi connectivity index (χ1) is 9.49. The van der Waals surface area contributed by atoms with Crippen LogP contribution in [0.4, 0.5) is 5.69 Å². The van der Waals surface area contributed by atoms with Gasteiger partial charge in [-0.25, -0.2) is 0 Å². The molecule has 20 heavy (non-hydrogen) atoms. The van der Waals surface area contributed by atoms with Crippen molar-refractivity contribution in [3.8, 4) is 0 Å². The van der Waals surface area contributed by atoms with Gasteiger partial charge in [-0.1, -0.05) is 28.4 Å². The number of amides is 1. The predicted octanol–water partition coefficient (Wildman–Crippen LogP) is 2.41. The van der Waals surface area contributed by atoms with Gasteiger partial charge in [0, 0.05) is 6.92 Å². The number of carbonyl (C=O) groups is 2. The van der Waals surface area contributed by atoms with Crippen LogP contribution >= 0.6 is 23.2 Å². The normalized spacial score (nSPS) is 14.1. The Morgan fingerprint density at radius 1 is 1.25 bits per heavy atom. The first kappa shape index (κ1) is 13.1. The van der Waals surface area contributed by atoms with Gasteiger partial charge in [0.15, 0.2) is 5.82 Å². The molecule has 1 amide bonds. The molecule has 0 fully saturated rings. The van der Waals surface area contributed by atoms with Crippen LogP contribution in [0.1, 0.15) is 22.1 Å². The average molecular weight is 312 g/mol. The second-order valence-corrected chi connectivity index (χ2v) is 5.02. The Balaban J connectivity index is 2.08. The summed E-state index contributed by atoms with van der Waals surface area (Å²) in [5, 5.41) is 4.15. The van der Waals surface area contributed by atoms with E-state index >= 15 is 0 Å². The summed E-state index contributed by atoms with van der Waals surface area (Å²) in [4.78, 5) is 29.2. The van der Waals surface area contributed by atoms with Crippen LogP contribution in [0.15, 0.2) is 16.7 Å². The average Bonchev–Trinajstić information content (AvgIpc) is 2.92. The van der Waals surface area contributed by atoms with Crippen LogP contribution in [0.3, 0.4) is 0 Å². The molecule has 1 aromatic carbocycles. The van der Waals surface area contributed by atoms with Crippen molar-refractivity contribution in [2.45, 2.75) is 13.5 Å². The van der Waals surface area contributed by atoms with Gasteiger partial charge in [0.2, 0.25) is 5.89 Å². The fourth-order valence-electron chi connectivity index (χ4n) is 2.05. The minimum atomic E-state index is -0.711. The maximum atomic E-state index is 12.1. The number of aryl methyl sites for hydroxylation is 1. The van der Waals surface area contributed by atoms with E-state index in [9.17, 15) is 9.59 Å². The molecule has 8 heteroatoms. The highest BCUT2D eigenvalue weighted by Crippen LogP contribution is 2.40. The molecule has 0 bridgehead atoms. The molecule has 0 aliphatic carbocycles. The highest BCUT2D eigenvalue weighted by atomic mass is 35.5. The Hall–Kier alpha value is -1.92. The lowest BCUT2D eigenvalue weighted by atomic mass is 10.1. The summed E-state index contributed by atoms with van der Waals surface area (Å²) in [6.45, 7) is 1.63. The number of aromatic nitrogens is 2. The molecule has 2 aromatic rings. The summed E-state index contributed by atoms with van der Waals surface area (Å²) >= 11 is 12.0. The van der Waals surface area contributed by atoms with Crippen LogP contribution in [0.5, 0.6) is 0 Å². The number of benzene rings is 1. The Morgan fingerprint density at radius 2 is 1.95 bits per heavy atom.